The highest BCUT2D eigenvalue weighted by atomic mass is 16.6. The molecule has 10 nitrogen and oxygen atoms in total. The number of aryl methyl sites for hydroxylation is 1. The molecule has 0 saturated carbocycles. The van der Waals surface area contributed by atoms with Crippen molar-refractivity contribution < 1.29 is 23.9 Å². The topological polar surface area (TPSA) is 124 Å². The van der Waals surface area contributed by atoms with Crippen LogP contribution in [0.5, 0.6) is 0 Å². The van der Waals surface area contributed by atoms with Gasteiger partial charge in [0.2, 0.25) is 5.91 Å². The van der Waals surface area contributed by atoms with Crippen LogP contribution in [0.25, 0.3) is 11.1 Å². The molecule has 2 amide bonds. The van der Waals surface area contributed by atoms with Gasteiger partial charge in [0.1, 0.15) is 18.5 Å². The summed E-state index contributed by atoms with van der Waals surface area (Å²) in [5.41, 5.74) is 2.64. The van der Waals surface area contributed by atoms with Gasteiger partial charge in [0.05, 0.1) is 25.0 Å². The Labute approximate surface area is 229 Å². The van der Waals surface area contributed by atoms with E-state index in [2.05, 4.69) is 20.3 Å². The zero-order chi connectivity index (χ0) is 29.0. The molecule has 0 radical (unpaired) electrons. The van der Waals surface area contributed by atoms with E-state index >= 15 is 0 Å². The molecule has 0 unspecified atom stereocenters. The van der Waals surface area contributed by atoms with Crippen LogP contribution in [-0.4, -0.2) is 57.1 Å². The van der Waals surface area contributed by atoms with Crippen molar-refractivity contribution in [1.82, 2.24) is 19.9 Å². The molecule has 0 saturated heterocycles. The third kappa shape index (κ3) is 9.17. The molecule has 0 bridgehead atoms. The lowest BCUT2D eigenvalue weighted by molar-refractivity contribution is -0.117. The van der Waals surface area contributed by atoms with E-state index in [-0.39, 0.29) is 24.5 Å². The van der Waals surface area contributed by atoms with Crippen molar-refractivity contribution in [1.29, 1.82) is 0 Å². The maximum Gasteiger partial charge on any atom is 0.411 e. The summed E-state index contributed by atoms with van der Waals surface area (Å²) in [7, 11) is 1.24. The normalized spacial score (nSPS) is 10.5. The van der Waals surface area contributed by atoms with Gasteiger partial charge < -0.3 is 14.8 Å². The van der Waals surface area contributed by atoms with Gasteiger partial charge in [0.15, 0.2) is 5.69 Å². The predicted molar refractivity (Wildman–Crippen MR) is 149 cm³/mol. The van der Waals surface area contributed by atoms with Crippen LogP contribution >= 0.6 is 0 Å². The number of methoxy groups -OCH3 is 1. The van der Waals surface area contributed by atoms with Crippen molar-refractivity contribution in [3.8, 4) is 11.1 Å². The second-order valence-electron chi connectivity index (χ2n) is 9.21. The number of nitrogens with one attached hydrogen (secondary N) is 1. The Bertz CT molecular complexity index is 1260. The number of rotatable bonds is 8. The summed E-state index contributed by atoms with van der Waals surface area (Å²) in [6.45, 7) is 10.9. The predicted octanol–water partition coefficient (Wildman–Crippen LogP) is 5.29. The zero-order valence-electron chi connectivity index (χ0n) is 23.6. The van der Waals surface area contributed by atoms with Gasteiger partial charge in [-0.15, -0.1) is 0 Å². The number of aromatic nitrogens is 3. The highest BCUT2D eigenvalue weighted by Crippen LogP contribution is 2.28. The number of anilines is 1. The summed E-state index contributed by atoms with van der Waals surface area (Å²) in [4.78, 5) is 51.9. The molecule has 0 spiro atoms. The molecule has 0 atom stereocenters. The lowest BCUT2D eigenvalue weighted by atomic mass is 9.99. The number of carbonyl (C=O) groups excluding carboxylic acids is 3. The Morgan fingerprint density at radius 3 is 2.38 bits per heavy atom. The molecule has 2 aromatic heterocycles. The Morgan fingerprint density at radius 2 is 1.77 bits per heavy atom. The number of hydrogen-bond acceptors (Lipinski definition) is 8. The van der Waals surface area contributed by atoms with Crippen molar-refractivity contribution >= 4 is 23.7 Å². The summed E-state index contributed by atoms with van der Waals surface area (Å²) in [5, 5.41) is 2.72. The standard InChI is InChI=1S/C27H31N5O5.C2H6/c1-6-18-9-7-8-10-21(18)19-13-22(24(29-14-19)25(34)36-5)31-23(33)16-32(26(35)37-27(2,3)4)15-20-11-12-28-17-30-20;1-2/h7-14,17H,6,15-16H2,1-5H3,(H,31,33);1-2H3. The van der Waals surface area contributed by atoms with Gasteiger partial charge >= 0.3 is 12.1 Å². The molecular formula is C29H37N5O5. The first kappa shape index (κ1) is 30.9. The molecular weight excluding hydrogens is 498 g/mol. The minimum absolute atomic E-state index is 0.0247. The van der Waals surface area contributed by atoms with E-state index in [1.807, 2.05) is 45.0 Å². The molecule has 0 aliphatic carbocycles. The van der Waals surface area contributed by atoms with Crippen molar-refractivity contribution in [3.05, 3.63) is 72.1 Å². The van der Waals surface area contributed by atoms with Gasteiger partial charge in [-0.3, -0.25) is 9.69 Å². The molecule has 0 aliphatic heterocycles. The van der Waals surface area contributed by atoms with E-state index in [9.17, 15) is 14.4 Å². The van der Waals surface area contributed by atoms with Crippen LogP contribution in [0.15, 0.2) is 55.1 Å². The van der Waals surface area contributed by atoms with Crippen LogP contribution < -0.4 is 5.32 Å². The van der Waals surface area contributed by atoms with Gasteiger partial charge in [0.25, 0.3) is 0 Å². The van der Waals surface area contributed by atoms with Gasteiger partial charge in [-0.1, -0.05) is 45.0 Å². The Balaban J connectivity index is 0.00000260. The van der Waals surface area contributed by atoms with Crippen molar-refractivity contribution in [3.63, 3.8) is 0 Å². The fourth-order valence-electron chi connectivity index (χ4n) is 3.56. The third-order valence-corrected chi connectivity index (χ3v) is 5.23. The molecule has 1 aromatic carbocycles. The summed E-state index contributed by atoms with van der Waals surface area (Å²) in [5.74, 6) is -1.25. The molecule has 1 N–H and O–H groups in total. The number of esters is 1. The Kier molecular flexibility index (Phi) is 11.5. The van der Waals surface area contributed by atoms with Crippen LogP contribution in [0, 0.1) is 0 Å². The summed E-state index contributed by atoms with van der Waals surface area (Å²) in [6.07, 6.45) is 4.58. The monoisotopic (exact) mass is 535 g/mol. The molecule has 2 heterocycles. The SMILES string of the molecule is CC.CCc1ccccc1-c1cnc(C(=O)OC)c(NC(=O)CN(Cc2ccncn2)C(=O)OC(C)(C)C)c1. The summed E-state index contributed by atoms with van der Waals surface area (Å²) in [6, 6.07) is 11.1. The zero-order valence-corrected chi connectivity index (χ0v) is 23.6. The third-order valence-electron chi connectivity index (χ3n) is 5.23. The first-order chi connectivity index (χ1) is 18.6. The Hall–Kier alpha value is -4.34. The fourth-order valence-corrected chi connectivity index (χ4v) is 3.56. The van der Waals surface area contributed by atoms with Crippen LogP contribution in [-0.2, 0) is 27.2 Å². The van der Waals surface area contributed by atoms with Crippen LogP contribution in [0.3, 0.4) is 0 Å². The fraction of sp³-hybridized carbons (Fsp3) is 0.379. The number of pyridine rings is 1. The Morgan fingerprint density at radius 1 is 1.05 bits per heavy atom. The van der Waals surface area contributed by atoms with E-state index in [4.69, 9.17) is 9.47 Å². The average Bonchev–Trinajstić information content (AvgIpc) is 2.93. The van der Waals surface area contributed by atoms with Crippen molar-refractivity contribution in [2.24, 2.45) is 0 Å². The molecule has 208 valence electrons. The van der Waals surface area contributed by atoms with E-state index in [1.165, 1.54) is 18.3 Å². The van der Waals surface area contributed by atoms with E-state index in [0.29, 0.717) is 5.69 Å². The minimum atomic E-state index is -0.763. The van der Waals surface area contributed by atoms with E-state index in [1.54, 1.807) is 45.3 Å². The molecule has 39 heavy (non-hydrogen) atoms. The number of carbonyl (C=O) groups is 3. The molecule has 3 rings (SSSR count). The highest BCUT2D eigenvalue weighted by Gasteiger charge is 2.26. The smallest absolute Gasteiger partial charge is 0.411 e. The van der Waals surface area contributed by atoms with Crippen molar-refractivity contribution in [2.45, 2.75) is 60.1 Å². The van der Waals surface area contributed by atoms with Crippen molar-refractivity contribution in [2.75, 3.05) is 19.0 Å². The first-order valence-electron chi connectivity index (χ1n) is 12.8. The number of ether oxygens (including phenoxy) is 2. The van der Waals surface area contributed by atoms with Crippen LogP contribution in [0.1, 0.15) is 63.3 Å². The number of nitrogens with zero attached hydrogens (tertiary/aromatic N) is 4. The number of amides is 2. The largest absolute Gasteiger partial charge is 0.464 e. The maximum atomic E-state index is 13.1. The maximum absolute atomic E-state index is 13.1. The molecule has 0 aliphatic rings. The second kappa shape index (κ2) is 14.6. The quantitative estimate of drug-likeness (QED) is 0.386. The first-order valence-corrected chi connectivity index (χ1v) is 12.8. The van der Waals surface area contributed by atoms with E-state index < -0.39 is 23.6 Å². The van der Waals surface area contributed by atoms with Gasteiger partial charge in [0, 0.05) is 18.0 Å². The molecule has 3 aromatic rings. The number of hydrogen-bond donors (Lipinski definition) is 1. The highest BCUT2D eigenvalue weighted by molar-refractivity contribution is 6.01. The minimum Gasteiger partial charge on any atom is -0.464 e. The molecule has 10 heteroatoms. The lowest BCUT2D eigenvalue weighted by Crippen LogP contribution is -2.41. The summed E-state index contributed by atoms with van der Waals surface area (Å²) < 4.78 is 10.3. The van der Waals surface area contributed by atoms with Crippen LogP contribution in [0.4, 0.5) is 10.5 Å². The second-order valence-corrected chi connectivity index (χ2v) is 9.21. The summed E-state index contributed by atoms with van der Waals surface area (Å²) >= 11 is 0. The lowest BCUT2D eigenvalue weighted by Gasteiger charge is -2.27. The number of benzene rings is 1. The van der Waals surface area contributed by atoms with E-state index in [0.717, 1.165) is 23.1 Å². The molecule has 0 fully saturated rings. The van der Waals surface area contributed by atoms with Crippen LogP contribution in [0.2, 0.25) is 0 Å². The average molecular weight is 536 g/mol. The van der Waals surface area contributed by atoms with Gasteiger partial charge in [-0.05, 0) is 50.5 Å². The van der Waals surface area contributed by atoms with Gasteiger partial charge in [-0.2, -0.15) is 0 Å². The van der Waals surface area contributed by atoms with Gasteiger partial charge in [-0.25, -0.2) is 24.5 Å².